The lowest BCUT2D eigenvalue weighted by atomic mass is 9.33. The van der Waals surface area contributed by atoms with Gasteiger partial charge in [0.1, 0.15) is 6.10 Å². The molecule has 0 heterocycles. The second-order valence-corrected chi connectivity index (χ2v) is 23.3. The molecule has 0 amide bonds. The van der Waals surface area contributed by atoms with Crippen LogP contribution in [0, 0.1) is 68.0 Å². The summed E-state index contributed by atoms with van der Waals surface area (Å²) >= 11 is 6.42. The third-order valence-electron chi connectivity index (χ3n) is 18.8. The van der Waals surface area contributed by atoms with Crippen molar-refractivity contribution in [1.29, 1.82) is 0 Å². The standard InChI is InChI=1S/C50H75ClN2O6/c1-30(2)41-36(54)27-50(39(55)29-53(24-23-52(10)11)28-31-13-12-14-32(51)25-31)22-21-48(8)33(42(41)50)15-16-38-47(7)19-18-40(46(5,6)37(47)17-20-49(38,48)9)59-44(58)35-26-34(43(56)57)45(35,3)4/h12-14,25,30,33-35,37-40,55H,15-24,26-29H2,1-11H3,(H,56,57)/t33-,34+,35-,37+,38-,39+,40+,47+,48-,49-,50+/m1/s1. The molecule has 328 valence electrons. The van der Waals surface area contributed by atoms with Crippen molar-refractivity contribution in [2.75, 3.05) is 33.7 Å². The Balaban J connectivity index is 1.15. The Morgan fingerprint density at radius 2 is 1.59 bits per heavy atom. The zero-order chi connectivity index (χ0) is 43.2. The number of fused-ring (bicyclic) bond motifs is 7. The van der Waals surface area contributed by atoms with Crippen molar-refractivity contribution in [2.45, 2.75) is 145 Å². The fourth-order valence-corrected chi connectivity index (χ4v) is 15.3. The number of carboxylic acid groups (broad SMARTS) is 1. The van der Waals surface area contributed by atoms with Crippen LogP contribution >= 0.6 is 11.6 Å². The van der Waals surface area contributed by atoms with Crippen molar-refractivity contribution in [2.24, 2.45) is 68.0 Å². The Hall–Kier alpha value is -2.26. The summed E-state index contributed by atoms with van der Waals surface area (Å²) in [7, 11) is 4.17. The van der Waals surface area contributed by atoms with Crippen LogP contribution in [-0.2, 0) is 25.7 Å². The molecule has 2 N–H and O–H groups in total. The molecule has 5 saturated carbocycles. The number of carbonyl (C=O) groups is 3. The SMILES string of the molecule is CC(C)C1=C2[C@H]3CC[C@@H]4[C@@]5(C)CC[C@H](OC(=O)[C@H]6C[C@@H](C(=O)O)C6(C)C)C(C)(C)[C@@H]5CC[C@@]4(C)[C@]3(C)CC[C@@]2([C@@H](O)CN(CCN(C)C)Cc2cccc(Cl)c2)CC1=O. The topological polar surface area (TPSA) is 107 Å². The van der Waals surface area contributed by atoms with Crippen LogP contribution in [0.5, 0.6) is 0 Å². The number of halogens is 1. The molecule has 1 aromatic rings. The summed E-state index contributed by atoms with van der Waals surface area (Å²) in [6, 6.07) is 8.02. The fourth-order valence-electron chi connectivity index (χ4n) is 15.1. The van der Waals surface area contributed by atoms with Crippen LogP contribution in [-0.4, -0.2) is 83.7 Å². The Kier molecular flexibility index (Phi) is 11.8. The van der Waals surface area contributed by atoms with Crippen molar-refractivity contribution in [3.63, 3.8) is 0 Å². The maximum absolute atomic E-state index is 14.4. The minimum Gasteiger partial charge on any atom is -0.481 e. The Labute approximate surface area is 360 Å². The molecule has 7 rings (SSSR count). The van der Waals surface area contributed by atoms with E-state index in [1.165, 1.54) is 5.57 Å². The summed E-state index contributed by atoms with van der Waals surface area (Å²) < 4.78 is 6.45. The smallest absolute Gasteiger partial charge is 0.309 e. The molecule has 0 bridgehead atoms. The number of benzene rings is 1. The van der Waals surface area contributed by atoms with Crippen molar-refractivity contribution < 1.29 is 29.3 Å². The number of carbonyl (C=O) groups excluding carboxylic acids is 2. The number of carboxylic acids is 1. The number of aliphatic hydroxyl groups is 1. The number of allylic oxidation sites excluding steroid dienone is 1. The second-order valence-electron chi connectivity index (χ2n) is 22.8. The highest BCUT2D eigenvalue weighted by Crippen LogP contribution is 2.77. The minimum atomic E-state index is -0.829. The highest BCUT2D eigenvalue weighted by atomic mass is 35.5. The molecule has 9 heteroatoms. The van der Waals surface area contributed by atoms with Crippen molar-refractivity contribution in [3.8, 4) is 0 Å². The van der Waals surface area contributed by atoms with Gasteiger partial charge >= 0.3 is 11.9 Å². The molecule has 59 heavy (non-hydrogen) atoms. The molecule has 0 unspecified atom stereocenters. The van der Waals surface area contributed by atoms with Crippen LogP contribution in [0.3, 0.4) is 0 Å². The molecular weight excluding hydrogens is 760 g/mol. The average molecular weight is 836 g/mol. The van der Waals surface area contributed by atoms with Gasteiger partial charge < -0.3 is 19.8 Å². The van der Waals surface area contributed by atoms with Crippen LogP contribution in [0.25, 0.3) is 0 Å². The molecule has 0 aromatic heterocycles. The lowest BCUT2D eigenvalue weighted by molar-refractivity contribution is -0.238. The minimum absolute atomic E-state index is 0.0252. The first kappa shape index (κ1) is 44.8. The normalized spacial score (nSPS) is 38.9. The van der Waals surface area contributed by atoms with Gasteiger partial charge in [0.05, 0.1) is 17.9 Å². The van der Waals surface area contributed by atoms with Gasteiger partial charge in [0, 0.05) is 48.5 Å². The summed E-state index contributed by atoms with van der Waals surface area (Å²) in [6.07, 6.45) is 7.82. The highest BCUT2D eigenvalue weighted by molar-refractivity contribution is 6.30. The van der Waals surface area contributed by atoms with Crippen molar-refractivity contribution >= 4 is 29.3 Å². The number of ether oxygens (including phenoxy) is 1. The van der Waals surface area contributed by atoms with E-state index in [0.717, 1.165) is 75.6 Å². The van der Waals surface area contributed by atoms with E-state index in [4.69, 9.17) is 16.3 Å². The zero-order valence-corrected chi connectivity index (χ0v) is 38.9. The third kappa shape index (κ3) is 7.08. The molecular formula is C50H75ClN2O6. The van der Waals surface area contributed by atoms with E-state index in [-0.39, 0.29) is 57.3 Å². The van der Waals surface area contributed by atoms with Crippen LogP contribution in [0.4, 0.5) is 0 Å². The van der Waals surface area contributed by atoms with Gasteiger partial charge in [0.15, 0.2) is 5.78 Å². The largest absolute Gasteiger partial charge is 0.481 e. The highest BCUT2D eigenvalue weighted by Gasteiger charge is 2.71. The maximum atomic E-state index is 14.4. The molecule has 0 spiro atoms. The molecule has 0 saturated heterocycles. The van der Waals surface area contributed by atoms with Gasteiger partial charge in [-0.05, 0) is 140 Å². The average Bonchev–Trinajstić information content (AvgIpc) is 3.44. The van der Waals surface area contributed by atoms with Gasteiger partial charge in [0.2, 0.25) is 0 Å². The monoisotopic (exact) mass is 835 g/mol. The number of esters is 1. The Bertz CT molecular complexity index is 1850. The number of aliphatic hydroxyl groups excluding tert-OH is 1. The van der Waals surface area contributed by atoms with E-state index < -0.39 is 28.8 Å². The van der Waals surface area contributed by atoms with Gasteiger partial charge in [-0.1, -0.05) is 91.6 Å². The van der Waals surface area contributed by atoms with Crippen LogP contribution in [0.2, 0.25) is 5.02 Å². The first-order valence-electron chi connectivity index (χ1n) is 22.9. The number of nitrogens with zero attached hydrogens (tertiary/aromatic N) is 2. The van der Waals surface area contributed by atoms with E-state index >= 15 is 0 Å². The van der Waals surface area contributed by atoms with Gasteiger partial charge in [-0.25, -0.2) is 0 Å². The van der Waals surface area contributed by atoms with Crippen molar-refractivity contribution in [1.82, 2.24) is 9.80 Å². The van der Waals surface area contributed by atoms with E-state index in [1.54, 1.807) is 0 Å². The van der Waals surface area contributed by atoms with Crippen LogP contribution in [0.1, 0.15) is 132 Å². The number of ketones is 1. The molecule has 11 atom stereocenters. The summed E-state index contributed by atoms with van der Waals surface area (Å²) in [5.41, 5.74) is 2.14. The van der Waals surface area contributed by atoms with E-state index in [1.807, 2.05) is 32.0 Å². The fraction of sp³-hybridized carbons (Fsp3) is 0.780. The van der Waals surface area contributed by atoms with Gasteiger partial charge in [-0.15, -0.1) is 0 Å². The van der Waals surface area contributed by atoms with Gasteiger partial charge in [0.25, 0.3) is 0 Å². The van der Waals surface area contributed by atoms with Crippen LogP contribution in [0.15, 0.2) is 35.4 Å². The Morgan fingerprint density at radius 1 is 0.881 bits per heavy atom. The maximum Gasteiger partial charge on any atom is 0.309 e. The molecule has 0 aliphatic heterocycles. The summed E-state index contributed by atoms with van der Waals surface area (Å²) in [6.45, 7) is 23.4. The summed E-state index contributed by atoms with van der Waals surface area (Å²) in [4.78, 5) is 44.4. The van der Waals surface area contributed by atoms with Gasteiger partial charge in [-0.3, -0.25) is 19.3 Å². The number of hydrogen-bond acceptors (Lipinski definition) is 7. The van der Waals surface area contributed by atoms with Crippen LogP contribution < -0.4 is 0 Å². The molecule has 8 nitrogen and oxygen atoms in total. The summed E-state index contributed by atoms with van der Waals surface area (Å²) in [5.74, 6) is -0.484. The lowest BCUT2D eigenvalue weighted by Crippen LogP contribution is -2.66. The van der Waals surface area contributed by atoms with E-state index in [2.05, 4.69) is 78.4 Å². The summed E-state index contributed by atoms with van der Waals surface area (Å²) in [5, 5.41) is 23.1. The predicted octanol–water partition coefficient (Wildman–Crippen LogP) is 9.70. The molecule has 1 aromatic carbocycles. The van der Waals surface area contributed by atoms with Crippen molar-refractivity contribution in [3.05, 3.63) is 46.0 Å². The quantitative estimate of drug-likeness (QED) is 0.201. The molecule has 6 aliphatic rings. The number of likely N-dealkylation sites (N-methyl/N-ethyl adjacent to an activating group) is 1. The van der Waals surface area contributed by atoms with E-state index in [0.29, 0.717) is 42.8 Å². The first-order valence-corrected chi connectivity index (χ1v) is 23.3. The molecule has 0 radical (unpaired) electrons. The number of Topliss-reactive ketones (excluding diaryl/α,β-unsaturated/α-hetero) is 1. The second kappa shape index (κ2) is 15.5. The van der Waals surface area contributed by atoms with Gasteiger partial charge in [-0.2, -0.15) is 0 Å². The Morgan fingerprint density at radius 3 is 2.22 bits per heavy atom. The zero-order valence-electron chi connectivity index (χ0n) is 38.1. The lowest BCUT2D eigenvalue weighted by Gasteiger charge is -2.72. The number of aliphatic carboxylic acids is 1. The number of hydrogen-bond donors (Lipinski definition) is 2. The molecule has 5 fully saturated rings. The molecule has 6 aliphatic carbocycles. The predicted molar refractivity (Wildman–Crippen MR) is 234 cm³/mol. The first-order chi connectivity index (χ1) is 27.4. The third-order valence-corrected chi connectivity index (χ3v) is 19.0. The van der Waals surface area contributed by atoms with E-state index in [9.17, 15) is 24.6 Å². The number of rotatable bonds is 12.